The summed E-state index contributed by atoms with van der Waals surface area (Å²) in [6.07, 6.45) is 3.15. The zero-order chi connectivity index (χ0) is 28.7. The number of benzene rings is 1. The molecule has 2 aliphatic carbocycles. The molecule has 0 radical (unpaired) electrons. The van der Waals surface area contributed by atoms with Crippen LogP contribution in [0.4, 0.5) is 18.2 Å². The number of carbonyl (C=O) groups excluding carboxylic acids is 2. The van der Waals surface area contributed by atoms with Crippen molar-refractivity contribution in [1.82, 2.24) is 9.62 Å². The van der Waals surface area contributed by atoms with Crippen LogP contribution in [-0.4, -0.2) is 51.6 Å². The van der Waals surface area contributed by atoms with Gasteiger partial charge < -0.3 is 10.2 Å². The lowest BCUT2D eigenvalue weighted by atomic mass is 9.73. The second-order valence-corrected chi connectivity index (χ2v) is 14.9. The molecule has 5 unspecified atom stereocenters. The number of ketones is 1. The van der Waals surface area contributed by atoms with Crippen molar-refractivity contribution in [2.75, 3.05) is 11.6 Å². The third-order valence-electron chi connectivity index (χ3n) is 8.11. The number of likely N-dealkylation sites (tertiary alicyclic amines) is 1. The maximum Gasteiger partial charge on any atom is 0.287 e. The van der Waals surface area contributed by atoms with Crippen LogP contribution in [0, 0.1) is 41.1 Å². The Labute approximate surface area is 231 Å². The van der Waals surface area contributed by atoms with E-state index in [1.54, 1.807) is 0 Å². The van der Waals surface area contributed by atoms with Gasteiger partial charge in [0.25, 0.3) is 10.0 Å². The fraction of sp³-hybridized carbons (Fsp3) is 0.458. The summed E-state index contributed by atoms with van der Waals surface area (Å²) < 4.78 is 97.0. The van der Waals surface area contributed by atoms with Crippen molar-refractivity contribution in [3.8, 4) is 0 Å². The fourth-order valence-electron chi connectivity index (χ4n) is 6.59. The van der Waals surface area contributed by atoms with Crippen LogP contribution in [0.1, 0.15) is 30.4 Å². The molecule has 2 aliphatic heterocycles. The van der Waals surface area contributed by atoms with Gasteiger partial charge in [-0.15, -0.1) is 15.7 Å². The van der Waals surface area contributed by atoms with E-state index >= 15 is 0 Å². The highest BCUT2D eigenvalue weighted by Crippen LogP contribution is 2.54. The molecule has 2 bridgehead atoms. The molecule has 3 heterocycles. The minimum atomic E-state index is -4.43. The zero-order valence-corrected chi connectivity index (χ0v) is 23.3. The second-order valence-electron chi connectivity index (χ2n) is 10.6. The van der Waals surface area contributed by atoms with Crippen LogP contribution in [0.15, 0.2) is 26.8 Å². The Morgan fingerprint density at radius 1 is 1.15 bits per heavy atom. The molecule has 4 aliphatic rings. The zero-order valence-electron chi connectivity index (χ0n) is 20.9. The van der Waals surface area contributed by atoms with Gasteiger partial charge in [-0.05, 0) is 54.2 Å². The molecule has 6 rings (SSSR count). The van der Waals surface area contributed by atoms with E-state index in [2.05, 4.69) is 14.4 Å². The van der Waals surface area contributed by atoms with E-state index in [-0.39, 0.29) is 51.8 Å². The quantitative estimate of drug-likeness (QED) is 0.375. The van der Waals surface area contributed by atoms with Gasteiger partial charge in [0.05, 0.1) is 6.26 Å². The monoisotopic (exact) mass is 616 g/mol. The molecule has 214 valence electrons. The molecule has 40 heavy (non-hydrogen) atoms. The van der Waals surface area contributed by atoms with Crippen molar-refractivity contribution in [3.05, 3.63) is 46.1 Å². The number of piperidine rings is 1. The van der Waals surface area contributed by atoms with Gasteiger partial charge in [0.1, 0.15) is 15.7 Å². The number of hydrogen-bond donors (Lipinski definition) is 2. The lowest BCUT2D eigenvalue weighted by molar-refractivity contribution is -0.153. The van der Waals surface area contributed by atoms with Crippen LogP contribution < -0.4 is 10.0 Å². The number of nitrogens with zero attached hydrogens (tertiary/aromatic N) is 2. The molecule has 1 aromatic heterocycles. The van der Waals surface area contributed by atoms with E-state index in [1.807, 2.05) is 0 Å². The van der Waals surface area contributed by atoms with Crippen LogP contribution in [0.5, 0.6) is 0 Å². The van der Waals surface area contributed by atoms with E-state index in [9.17, 15) is 39.6 Å². The van der Waals surface area contributed by atoms with Crippen LogP contribution in [0.25, 0.3) is 0 Å². The topological polar surface area (TPSA) is 142 Å². The highest BCUT2D eigenvalue weighted by Gasteiger charge is 2.61. The van der Waals surface area contributed by atoms with E-state index in [0.29, 0.717) is 6.42 Å². The Bertz CT molecular complexity index is 1680. The molecule has 2 saturated carbocycles. The maximum absolute atomic E-state index is 14.0. The predicted octanol–water partition coefficient (Wildman–Crippen LogP) is 2.37. The molecular formula is C24H23F3N4O6S3. The molecule has 3 fully saturated rings. The molecule has 0 spiro atoms. The minimum absolute atomic E-state index is 0.00206. The Balaban J connectivity index is 1.37. The van der Waals surface area contributed by atoms with Gasteiger partial charge in [0.15, 0.2) is 29.2 Å². The molecule has 10 nitrogen and oxygen atoms in total. The molecule has 1 amide bonds. The Hall–Kier alpha value is -2.82. The van der Waals surface area contributed by atoms with Gasteiger partial charge in [-0.2, -0.15) is 8.42 Å². The number of rotatable bonds is 6. The average Bonchev–Trinajstić information content (AvgIpc) is 3.58. The molecule has 1 aromatic carbocycles. The van der Waals surface area contributed by atoms with Crippen molar-refractivity contribution in [2.45, 2.75) is 43.3 Å². The van der Waals surface area contributed by atoms with Crippen LogP contribution >= 0.6 is 11.3 Å². The van der Waals surface area contributed by atoms with Crippen molar-refractivity contribution in [1.29, 1.82) is 0 Å². The highest BCUT2D eigenvalue weighted by molar-refractivity contribution is 7.91. The molecule has 16 heteroatoms. The summed E-state index contributed by atoms with van der Waals surface area (Å²) in [6.45, 7) is -0.601. The summed E-state index contributed by atoms with van der Waals surface area (Å²) in [7, 11) is -8.05. The van der Waals surface area contributed by atoms with E-state index in [1.165, 1.54) is 10.3 Å². The lowest BCUT2D eigenvalue weighted by Crippen LogP contribution is -2.61. The van der Waals surface area contributed by atoms with E-state index < -0.39 is 67.1 Å². The first kappa shape index (κ1) is 27.4. The summed E-state index contributed by atoms with van der Waals surface area (Å²) >= 11 is 0.954. The number of amidine groups is 1. The number of sulfonamides is 2. The predicted molar refractivity (Wildman–Crippen MR) is 138 cm³/mol. The van der Waals surface area contributed by atoms with E-state index in [4.69, 9.17) is 0 Å². The van der Waals surface area contributed by atoms with Crippen molar-refractivity contribution < 1.29 is 39.6 Å². The molecule has 1 saturated heterocycles. The van der Waals surface area contributed by atoms with Gasteiger partial charge >= 0.3 is 0 Å². The number of fused-ring (bicyclic) bond motifs is 6. The van der Waals surface area contributed by atoms with Crippen molar-refractivity contribution >= 4 is 53.9 Å². The van der Waals surface area contributed by atoms with Crippen molar-refractivity contribution in [2.24, 2.45) is 28.1 Å². The van der Waals surface area contributed by atoms with Gasteiger partial charge in [-0.3, -0.25) is 9.59 Å². The second kappa shape index (κ2) is 9.36. The number of anilines is 1. The molecule has 2 N–H and O–H groups in total. The van der Waals surface area contributed by atoms with Crippen molar-refractivity contribution in [3.63, 3.8) is 0 Å². The van der Waals surface area contributed by atoms with Gasteiger partial charge in [-0.1, -0.05) is 0 Å². The minimum Gasteiger partial charge on any atom is -0.333 e. The Morgan fingerprint density at radius 3 is 2.50 bits per heavy atom. The van der Waals surface area contributed by atoms with Crippen LogP contribution in [0.3, 0.4) is 0 Å². The summed E-state index contributed by atoms with van der Waals surface area (Å²) in [5.74, 6) is -8.30. The number of nitrogens with one attached hydrogen (secondary N) is 2. The first-order chi connectivity index (χ1) is 18.7. The maximum atomic E-state index is 14.0. The average molecular weight is 617 g/mol. The number of thiophene rings is 1. The SMILES string of the molecule is CS(=O)(=O)NCc1csc2c1S(=O)(=O)N=C(C1C(=O)C3C4CCC(C4)C3N(Cc3cc(F)c(F)c(F)c3)C1=O)N2. The molecule has 2 aromatic rings. The molecule has 5 atom stereocenters. The van der Waals surface area contributed by atoms with Crippen LogP contribution in [-0.2, 0) is 42.7 Å². The van der Waals surface area contributed by atoms with Gasteiger partial charge in [0, 0.05) is 30.6 Å². The first-order valence-electron chi connectivity index (χ1n) is 12.4. The Morgan fingerprint density at radius 2 is 1.82 bits per heavy atom. The standard InChI is InChI=1S/C24H23F3N4O6S3/c1-39(34,35)28-7-13-9-38-23-21(13)40(36,37)30-22(29-23)17-20(32)16-11-2-3-12(6-11)19(16)31(24(17)33)8-10-4-14(25)18(27)15(26)5-10/h4-5,9,11-12,16-17,19,28H,2-3,6-8H2,1H3,(H,29,30). The van der Waals surface area contributed by atoms with Gasteiger partial charge in [-0.25, -0.2) is 26.3 Å². The summed E-state index contributed by atoms with van der Waals surface area (Å²) in [4.78, 5) is 28.8. The number of carbonyl (C=O) groups is 2. The fourth-order valence-corrected chi connectivity index (χ4v) is 9.65. The molecular weight excluding hydrogens is 593 g/mol. The highest BCUT2D eigenvalue weighted by atomic mass is 32.2. The van der Waals surface area contributed by atoms with E-state index in [0.717, 1.165) is 42.6 Å². The number of hydrogen-bond acceptors (Lipinski definition) is 8. The third kappa shape index (κ3) is 4.44. The summed E-state index contributed by atoms with van der Waals surface area (Å²) in [5, 5.41) is 4.33. The third-order valence-corrected chi connectivity index (χ3v) is 11.3. The van der Waals surface area contributed by atoms with Crippen LogP contribution in [0.2, 0.25) is 0 Å². The van der Waals surface area contributed by atoms with Gasteiger partial charge in [0.2, 0.25) is 15.9 Å². The normalized spacial score (nSPS) is 28.8. The number of halogens is 3. The lowest BCUT2D eigenvalue weighted by Gasteiger charge is -2.45. The number of Topliss-reactive ketones (excluding diaryl/α,β-unsaturated/α-hetero) is 1. The smallest absolute Gasteiger partial charge is 0.287 e. The first-order valence-corrected chi connectivity index (χ1v) is 16.6. The largest absolute Gasteiger partial charge is 0.333 e. The number of amides is 1. The summed E-state index contributed by atoms with van der Waals surface area (Å²) in [5.41, 5.74) is 0.145. The summed E-state index contributed by atoms with van der Waals surface area (Å²) in [6, 6.07) is 1.06. The Kier molecular flexibility index (Phi) is 6.40.